The van der Waals surface area contributed by atoms with Gasteiger partial charge in [-0.05, 0) is 159 Å². The minimum absolute atomic E-state index is 0.202. The van der Waals surface area contributed by atoms with Crippen molar-refractivity contribution in [2.45, 2.75) is 38.9 Å². The van der Waals surface area contributed by atoms with Crippen LogP contribution >= 0.6 is 34.3 Å². The number of nitrogens with zero attached hydrogens (tertiary/aromatic N) is 8. The zero-order chi connectivity index (χ0) is 82.9. The van der Waals surface area contributed by atoms with Gasteiger partial charge in [-0.2, -0.15) is 9.97 Å². The molecule has 0 N–H and O–H groups in total. The summed E-state index contributed by atoms with van der Waals surface area (Å²) in [4.78, 5) is 28.4. The van der Waals surface area contributed by atoms with Crippen LogP contribution in [0.4, 0.5) is 0 Å². The highest BCUT2D eigenvalue weighted by molar-refractivity contribution is 7.27. The maximum atomic E-state index is 6.77. The lowest BCUT2D eigenvalue weighted by molar-refractivity contribution is 0.00578. The van der Waals surface area contributed by atoms with Crippen LogP contribution in [0.15, 0.2) is 373 Å². The Bertz CT molecular complexity index is 8210. The second-order valence-corrected chi connectivity index (χ2v) is 34.8. The molecule has 0 aliphatic carbocycles. The lowest BCUT2D eigenvalue weighted by Gasteiger charge is -2.32. The quantitative estimate of drug-likeness (QED) is 0.122. The molecule has 1 aliphatic heterocycles. The van der Waals surface area contributed by atoms with Crippen molar-refractivity contribution in [2.24, 2.45) is 0 Å². The number of benzene rings is 16. The van der Waals surface area contributed by atoms with Crippen molar-refractivity contribution in [3.63, 3.8) is 0 Å². The summed E-state index contributed by atoms with van der Waals surface area (Å²) in [6.45, 7) is 8.49. The lowest BCUT2D eigenvalue weighted by Crippen LogP contribution is -2.41. The molecule has 24 aromatic rings. The Morgan fingerprint density at radius 1 is 0.274 bits per heavy atom. The fraction of sp³-hybridized carbons (Fsp3) is 0.0556. The maximum Gasteiger partial charge on any atom is 0.496 e. The van der Waals surface area contributed by atoms with E-state index in [1.165, 1.54) is 74.1 Å². The van der Waals surface area contributed by atoms with Crippen LogP contribution in [0.25, 0.3) is 218 Å². The molecule has 0 spiro atoms. The molecule has 1 saturated heterocycles. The van der Waals surface area contributed by atoms with Gasteiger partial charge in [0.15, 0.2) is 29.1 Å². The molecule has 16 heteroatoms. The average molecular weight is 1660 g/mol. The number of furan rings is 2. The highest BCUT2D eigenvalue weighted by atomic mass is 35.5. The van der Waals surface area contributed by atoms with Crippen LogP contribution < -0.4 is 5.46 Å². The number of aromatic nitrogens is 8. The standard InChI is InChI=1S/C51H30N4OS.C42H32BNO3S.C15H10ClN3/c1-4-14-31(15-5-1)34-24-25-42-38(28-34)36-20-10-12-22-41(36)55(42)35-29-39-47-45(27-26-44-46(47)37-21-11-13-23-43(37)56-44)57-48(39)40(30-35)51-53-49(32-16-6-2-7-17-32)52-50(54-51)33-18-8-3-9-19-33;1-41(2)42(3,4)47-43(46-41)32-24-27(23-31-39-37(48-40(31)32)21-20-36-38(39)29-15-9-11-17-35(29)45-36)44-33-16-10-8-14-28(33)30-22-26(18-19-34(30)44)25-12-6-5-7-13-25;16-15-18-13(11-7-3-1-4-8-11)17-14(19-15)12-9-5-2-6-10-12/h1-30H;5-24H,1-4H3;1-10H. The van der Waals surface area contributed by atoms with Gasteiger partial charge in [0.1, 0.15) is 22.3 Å². The van der Waals surface area contributed by atoms with E-state index in [9.17, 15) is 0 Å². The zero-order valence-electron chi connectivity index (χ0n) is 67.6. The first-order valence-corrected chi connectivity index (χ1v) is 43.4. The van der Waals surface area contributed by atoms with E-state index in [1.54, 1.807) is 22.7 Å². The highest BCUT2D eigenvalue weighted by Crippen LogP contribution is 2.50. The van der Waals surface area contributed by atoms with Gasteiger partial charge in [0.25, 0.3) is 0 Å². The third-order valence-electron chi connectivity index (χ3n) is 24.3. The van der Waals surface area contributed by atoms with E-state index in [0.717, 1.165) is 121 Å². The SMILES string of the molecule is CC1(C)OB(c2cc(-n3c4ccccc4c4cc(-c5ccccc5)ccc43)cc3c2sc2ccc4oc5ccccc5c4c23)OC1(C)C.Clc1nc(-c2ccccc2)nc(-c2ccccc2)n1.c1ccc(-c2ccc3c(c2)c2ccccc2n3-c2cc(-c3nc(-c4ccccc4)nc(-c4ccccc4)n3)c3sc4ccc5oc6ccccc6c5c4c3c2)cc1. The van der Waals surface area contributed by atoms with Gasteiger partial charge in [-0.3, -0.25) is 0 Å². The van der Waals surface area contributed by atoms with Crippen molar-refractivity contribution in [1.82, 2.24) is 39.0 Å². The maximum absolute atomic E-state index is 6.77. The third-order valence-corrected chi connectivity index (χ3v) is 26.9. The van der Waals surface area contributed by atoms with Gasteiger partial charge in [0.2, 0.25) is 5.28 Å². The van der Waals surface area contributed by atoms with Crippen molar-refractivity contribution >= 4 is 175 Å². The van der Waals surface area contributed by atoms with E-state index in [2.05, 4.69) is 307 Å². The van der Waals surface area contributed by atoms with Crippen LogP contribution in [0.5, 0.6) is 0 Å². The van der Waals surface area contributed by atoms with E-state index < -0.39 is 18.3 Å². The second kappa shape index (κ2) is 30.0. The summed E-state index contributed by atoms with van der Waals surface area (Å²) in [7, 11) is -0.514. The van der Waals surface area contributed by atoms with Crippen LogP contribution in [0.2, 0.25) is 5.28 Å². The molecule has 0 bridgehead atoms. The third kappa shape index (κ3) is 12.8. The second-order valence-electron chi connectivity index (χ2n) is 32.3. The number of para-hydroxylation sites is 4. The van der Waals surface area contributed by atoms with Crippen molar-refractivity contribution in [1.29, 1.82) is 0 Å². The summed E-state index contributed by atoms with van der Waals surface area (Å²) >= 11 is 9.57. The summed E-state index contributed by atoms with van der Waals surface area (Å²) in [6.07, 6.45) is 0. The largest absolute Gasteiger partial charge is 0.496 e. The van der Waals surface area contributed by atoms with Crippen molar-refractivity contribution in [2.75, 3.05) is 0 Å². The molecular weight excluding hydrogens is 1580 g/mol. The number of thiophene rings is 2. The van der Waals surface area contributed by atoms with Gasteiger partial charge < -0.3 is 27.3 Å². The molecule has 8 aromatic heterocycles. The summed E-state index contributed by atoms with van der Waals surface area (Å²) in [5.74, 6) is 3.06. The first-order chi connectivity index (χ1) is 60.8. The van der Waals surface area contributed by atoms with E-state index in [-0.39, 0.29) is 5.28 Å². The molecular formula is C108H72BClN8O4S2. The summed E-state index contributed by atoms with van der Waals surface area (Å²) in [6, 6.07) is 127. The molecule has 124 heavy (non-hydrogen) atoms. The monoisotopic (exact) mass is 1650 g/mol. The molecule has 12 nitrogen and oxygen atoms in total. The number of hydrogen-bond acceptors (Lipinski definition) is 12. The summed E-state index contributed by atoms with van der Waals surface area (Å²) < 4.78 is 35.9. The Labute approximate surface area is 725 Å². The topological polar surface area (TPSA) is 132 Å². The Kier molecular flexibility index (Phi) is 18.0. The molecule has 25 rings (SSSR count). The molecule has 0 unspecified atom stereocenters. The van der Waals surface area contributed by atoms with Crippen LogP contribution in [0.1, 0.15) is 27.7 Å². The summed E-state index contributed by atoms with van der Waals surface area (Å²) in [5.41, 5.74) is 19.8. The van der Waals surface area contributed by atoms with Crippen LogP contribution in [-0.2, 0) is 9.31 Å². The molecule has 1 aliphatic rings. The zero-order valence-corrected chi connectivity index (χ0v) is 70.0. The number of hydrogen-bond donors (Lipinski definition) is 0. The molecule has 9 heterocycles. The van der Waals surface area contributed by atoms with Gasteiger partial charge in [-0.15, -0.1) is 22.7 Å². The van der Waals surface area contributed by atoms with Crippen LogP contribution in [0.3, 0.4) is 0 Å². The van der Waals surface area contributed by atoms with Crippen LogP contribution in [-0.4, -0.2) is 57.4 Å². The van der Waals surface area contributed by atoms with Crippen LogP contribution in [0, 0.1) is 0 Å². The first kappa shape index (κ1) is 74.5. The molecule has 16 aromatic carbocycles. The minimum atomic E-state index is -0.514. The molecule has 0 radical (unpaired) electrons. The average Bonchev–Trinajstić information content (AvgIpc) is 1.56. The number of fused-ring (bicyclic) bond motifs is 20. The molecule has 1 fully saturated rings. The van der Waals surface area contributed by atoms with E-state index in [0.29, 0.717) is 29.1 Å². The van der Waals surface area contributed by atoms with Crippen molar-refractivity contribution in [3.05, 3.63) is 369 Å². The number of halogens is 1. The Morgan fingerprint density at radius 2 is 0.621 bits per heavy atom. The minimum Gasteiger partial charge on any atom is -0.456 e. The Morgan fingerprint density at radius 3 is 1.06 bits per heavy atom. The van der Waals surface area contributed by atoms with E-state index in [4.69, 9.17) is 44.7 Å². The first-order valence-electron chi connectivity index (χ1n) is 41.4. The van der Waals surface area contributed by atoms with Gasteiger partial charge in [0, 0.05) is 128 Å². The molecule has 0 saturated carbocycles. The fourth-order valence-electron chi connectivity index (χ4n) is 17.8. The van der Waals surface area contributed by atoms with E-state index >= 15 is 0 Å². The van der Waals surface area contributed by atoms with Gasteiger partial charge in [-0.1, -0.05) is 267 Å². The Hall–Kier alpha value is -14.5. The number of rotatable bonds is 10. The van der Waals surface area contributed by atoms with Gasteiger partial charge >= 0.3 is 7.12 Å². The predicted molar refractivity (Wildman–Crippen MR) is 514 cm³/mol. The highest BCUT2D eigenvalue weighted by Gasteiger charge is 2.52. The fourth-order valence-corrected chi connectivity index (χ4v) is 20.3. The lowest BCUT2D eigenvalue weighted by atomic mass is 9.78. The van der Waals surface area contributed by atoms with Gasteiger partial charge in [0.05, 0.1) is 33.3 Å². The molecule has 590 valence electrons. The molecule has 0 amide bonds. The van der Waals surface area contributed by atoms with E-state index in [1.807, 2.05) is 109 Å². The van der Waals surface area contributed by atoms with Gasteiger partial charge in [-0.25, -0.2) is 19.9 Å². The van der Waals surface area contributed by atoms with Crippen molar-refractivity contribution in [3.8, 4) is 90.6 Å². The smallest absolute Gasteiger partial charge is 0.456 e. The summed E-state index contributed by atoms with van der Waals surface area (Å²) in [5, 5.41) is 14.3. The predicted octanol–water partition coefficient (Wildman–Crippen LogP) is 28.8. The normalized spacial score (nSPS) is 13.2. The van der Waals surface area contributed by atoms with Crippen molar-refractivity contribution < 1.29 is 18.1 Å². The molecule has 0 atom stereocenters. The Balaban J connectivity index is 0.000000120.